The molecule has 1 fully saturated rings. The zero-order valence-electron chi connectivity index (χ0n) is 11.9. The molecular formula is C19H21Cl. The molecule has 3 unspecified atom stereocenters. The Bertz CT molecular complexity index is 544. The van der Waals surface area contributed by atoms with E-state index in [1.54, 1.807) is 0 Å². The largest absolute Gasteiger partial charge is 0.126 e. The fourth-order valence-electron chi connectivity index (χ4n) is 3.17. The zero-order chi connectivity index (χ0) is 13.9. The van der Waals surface area contributed by atoms with Crippen molar-refractivity contribution in [1.82, 2.24) is 0 Å². The summed E-state index contributed by atoms with van der Waals surface area (Å²) in [6, 6.07) is 19.8. The number of rotatable bonds is 5. The first kappa shape index (κ1) is 13.7. The Hall–Kier alpha value is -1.27. The van der Waals surface area contributed by atoms with Crippen molar-refractivity contribution in [1.29, 1.82) is 0 Å². The van der Waals surface area contributed by atoms with E-state index in [9.17, 15) is 0 Å². The molecule has 1 saturated carbocycles. The summed E-state index contributed by atoms with van der Waals surface area (Å²) in [6.45, 7) is 2.13. The van der Waals surface area contributed by atoms with Gasteiger partial charge in [-0.3, -0.25) is 0 Å². The number of halogens is 1. The van der Waals surface area contributed by atoms with Crippen LogP contribution in [-0.2, 0) is 6.42 Å². The fourth-order valence-corrected chi connectivity index (χ4v) is 3.50. The van der Waals surface area contributed by atoms with Crippen molar-refractivity contribution >= 4 is 11.6 Å². The number of hydrogen-bond donors (Lipinski definition) is 0. The number of benzene rings is 2. The highest BCUT2D eigenvalue weighted by Gasteiger charge is 2.43. The Morgan fingerprint density at radius 2 is 1.75 bits per heavy atom. The van der Waals surface area contributed by atoms with E-state index in [1.807, 2.05) is 0 Å². The molecular weight excluding hydrogens is 264 g/mol. The molecule has 0 bridgehead atoms. The van der Waals surface area contributed by atoms with Crippen molar-refractivity contribution in [2.24, 2.45) is 11.8 Å². The van der Waals surface area contributed by atoms with Crippen LogP contribution >= 0.6 is 11.6 Å². The topological polar surface area (TPSA) is 0 Å². The van der Waals surface area contributed by atoms with Gasteiger partial charge in [0.05, 0.1) is 0 Å². The van der Waals surface area contributed by atoms with Crippen molar-refractivity contribution in [3.05, 3.63) is 71.3 Å². The first-order chi connectivity index (χ1) is 9.78. The van der Waals surface area contributed by atoms with Gasteiger partial charge in [0.15, 0.2) is 0 Å². The number of aryl methyl sites for hydroxylation is 1. The van der Waals surface area contributed by atoms with E-state index in [1.165, 1.54) is 23.1 Å². The average molecular weight is 285 g/mol. The first-order valence-corrected chi connectivity index (χ1v) is 7.98. The van der Waals surface area contributed by atoms with Crippen molar-refractivity contribution in [2.75, 3.05) is 5.88 Å². The standard InChI is InChI=1S/C19H21Cl/c1-14-7-9-15(10-8-14)11-17(13-20)19-12-18(19)16-5-3-2-4-6-16/h2-10,17-19H,11-13H2,1H3. The van der Waals surface area contributed by atoms with Crippen molar-refractivity contribution in [2.45, 2.75) is 25.7 Å². The second-order valence-electron chi connectivity index (χ2n) is 6.02. The molecule has 0 aromatic heterocycles. The second-order valence-corrected chi connectivity index (χ2v) is 6.33. The van der Waals surface area contributed by atoms with Gasteiger partial charge >= 0.3 is 0 Å². The highest BCUT2D eigenvalue weighted by Crippen LogP contribution is 2.52. The van der Waals surface area contributed by atoms with Gasteiger partial charge in [-0.15, -0.1) is 11.6 Å². The van der Waals surface area contributed by atoms with E-state index < -0.39 is 0 Å². The van der Waals surface area contributed by atoms with Gasteiger partial charge in [0.2, 0.25) is 0 Å². The average Bonchev–Trinajstić information content (AvgIpc) is 3.28. The van der Waals surface area contributed by atoms with Gasteiger partial charge in [0.1, 0.15) is 0 Å². The number of hydrogen-bond acceptors (Lipinski definition) is 0. The van der Waals surface area contributed by atoms with Crippen LogP contribution in [0.5, 0.6) is 0 Å². The van der Waals surface area contributed by atoms with Gasteiger partial charge in [0, 0.05) is 5.88 Å². The summed E-state index contributed by atoms with van der Waals surface area (Å²) in [5.74, 6) is 2.85. The van der Waals surface area contributed by atoms with Gasteiger partial charge in [-0.25, -0.2) is 0 Å². The van der Waals surface area contributed by atoms with Crippen molar-refractivity contribution < 1.29 is 0 Å². The molecule has 20 heavy (non-hydrogen) atoms. The van der Waals surface area contributed by atoms with Crippen LogP contribution < -0.4 is 0 Å². The van der Waals surface area contributed by atoms with Crippen LogP contribution in [-0.4, -0.2) is 5.88 Å². The molecule has 0 amide bonds. The molecule has 0 heterocycles. The highest BCUT2D eigenvalue weighted by molar-refractivity contribution is 6.18. The minimum Gasteiger partial charge on any atom is -0.126 e. The molecule has 0 spiro atoms. The van der Waals surface area contributed by atoms with Crippen LogP contribution in [0.3, 0.4) is 0 Å². The molecule has 1 aliphatic carbocycles. The van der Waals surface area contributed by atoms with Crippen molar-refractivity contribution in [3.8, 4) is 0 Å². The fraction of sp³-hybridized carbons (Fsp3) is 0.368. The summed E-state index contributed by atoms with van der Waals surface area (Å²) in [4.78, 5) is 0. The third-order valence-corrected chi connectivity index (χ3v) is 4.89. The molecule has 0 saturated heterocycles. The van der Waals surface area contributed by atoms with E-state index >= 15 is 0 Å². The Kier molecular flexibility index (Phi) is 4.12. The molecule has 104 valence electrons. The van der Waals surface area contributed by atoms with E-state index in [2.05, 4.69) is 61.5 Å². The number of alkyl halides is 1. The predicted octanol–water partition coefficient (Wildman–Crippen LogP) is 5.20. The molecule has 1 aliphatic rings. The molecule has 2 aromatic rings. The summed E-state index contributed by atoms with van der Waals surface area (Å²) in [5, 5.41) is 0. The van der Waals surface area contributed by atoms with Gasteiger partial charge in [0.25, 0.3) is 0 Å². The smallest absolute Gasteiger partial charge is 0.0257 e. The Morgan fingerprint density at radius 1 is 1.05 bits per heavy atom. The normalized spacial score (nSPS) is 22.5. The maximum absolute atomic E-state index is 6.24. The monoisotopic (exact) mass is 284 g/mol. The Balaban J connectivity index is 1.65. The summed E-state index contributed by atoms with van der Waals surface area (Å²) < 4.78 is 0. The minimum absolute atomic E-state index is 0.601. The third-order valence-electron chi connectivity index (χ3n) is 4.49. The molecule has 0 radical (unpaired) electrons. The summed E-state index contributed by atoms with van der Waals surface area (Å²) >= 11 is 6.24. The van der Waals surface area contributed by atoms with E-state index in [0.717, 1.165) is 24.1 Å². The van der Waals surface area contributed by atoms with Crippen molar-refractivity contribution in [3.63, 3.8) is 0 Å². The molecule has 1 heteroatoms. The lowest BCUT2D eigenvalue weighted by Crippen LogP contribution is -2.10. The first-order valence-electron chi connectivity index (χ1n) is 7.44. The van der Waals surface area contributed by atoms with Gasteiger partial charge < -0.3 is 0 Å². The van der Waals surface area contributed by atoms with E-state index in [-0.39, 0.29) is 0 Å². The summed E-state index contributed by atoms with van der Waals surface area (Å²) in [5.41, 5.74) is 4.22. The van der Waals surface area contributed by atoms with Gasteiger partial charge in [-0.2, -0.15) is 0 Å². The van der Waals surface area contributed by atoms with Crippen LogP contribution in [0, 0.1) is 18.8 Å². The van der Waals surface area contributed by atoms with Crippen LogP contribution in [0.15, 0.2) is 54.6 Å². The van der Waals surface area contributed by atoms with Crippen LogP contribution in [0.25, 0.3) is 0 Å². The summed E-state index contributed by atoms with van der Waals surface area (Å²) in [7, 11) is 0. The lowest BCUT2D eigenvalue weighted by molar-refractivity contribution is 0.501. The second kappa shape index (κ2) is 6.01. The molecule has 3 rings (SSSR count). The Morgan fingerprint density at radius 3 is 2.40 bits per heavy atom. The molecule has 2 aromatic carbocycles. The lowest BCUT2D eigenvalue weighted by Gasteiger charge is -2.14. The Labute approximate surface area is 126 Å². The summed E-state index contributed by atoms with van der Waals surface area (Å²) in [6.07, 6.45) is 2.41. The molecule has 0 aliphatic heterocycles. The molecule has 3 atom stereocenters. The maximum Gasteiger partial charge on any atom is 0.0257 e. The van der Waals surface area contributed by atoms with Gasteiger partial charge in [-0.05, 0) is 48.6 Å². The quantitative estimate of drug-likeness (QED) is 0.662. The SMILES string of the molecule is Cc1ccc(CC(CCl)C2CC2c2ccccc2)cc1. The van der Waals surface area contributed by atoms with Crippen LogP contribution in [0.4, 0.5) is 0 Å². The predicted molar refractivity (Wildman–Crippen MR) is 86.4 cm³/mol. The van der Waals surface area contributed by atoms with E-state index in [4.69, 9.17) is 11.6 Å². The maximum atomic E-state index is 6.24. The minimum atomic E-state index is 0.601. The molecule has 0 nitrogen and oxygen atoms in total. The van der Waals surface area contributed by atoms with Crippen LogP contribution in [0.1, 0.15) is 29.0 Å². The molecule has 0 N–H and O–H groups in total. The van der Waals surface area contributed by atoms with Gasteiger partial charge in [-0.1, -0.05) is 60.2 Å². The lowest BCUT2D eigenvalue weighted by atomic mass is 9.93. The van der Waals surface area contributed by atoms with Crippen LogP contribution in [0.2, 0.25) is 0 Å². The highest BCUT2D eigenvalue weighted by atomic mass is 35.5. The third kappa shape index (κ3) is 3.07. The van der Waals surface area contributed by atoms with E-state index in [0.29, 0.717) is 5.92 Å². The zero-order valence-corrected chi connectivity index (χ0v) is 12.7.